The van der Waals surface area contributed by atoms with Gasteiger partial charge in [-0.3, -0.25) is 19.2 Å². The molecule has 0 aliphatic carbocycles. The van der Waals surface area contributed by atoms with Crippen LogP contribution in [0.3, 0.4) is 0 Å². The Labute approximate surface area is 163 Å². The van der Waals surface area contributed by atoms with E-state index in [0.717, 1.165) is 0 Å². The monoisotopic (exact) mass is 442 g/mol. The lowest BCUT2D eigenvalue weighted by molar-refractivity contribution is -0.143. The van der Waals surface area contributed by atoms with Crippen LogP contribution in [-0.2, 0) is 32.3 Å². The zero-order chi connectivity index (χ0) is 20.4. The van der Waals surface area contributed by atoms with E-state index in [1.165, 1.54) is 33.3 Å². The first-order valence-corrected chi connectivity index (χ1v) is 8.88. The molecule has 0 fully saturated rings. The number of esters is 2. The van der Waals surface area contributed by atoms with Crippen molar-refractivity contribution in [2.75, 3.05) is 5.33 Å². The van der Waals surface area contributed by atoms with E-state index in [0.29, 0.717) is 11.1 Å². The van der Waals surface area contributed by atoms with Crippen LogP contribution in [0.4, 0.5) is 0 Å². The maximum absolute atomic E-state index is 11.3. The summed E-state index contributed by atoms with van der Waals surface area (Å²) in [6.45, 7) is 4.18. The highest BCUT2D eigenvalue weighted by Gasteiger charge is 2.14. The minimum atomic E-state index is -0.386. The predicted octanol–water partition coefficient (Wildman–Crippen LogP) is 3.47. The number of hydrogen-bond donors (Lipinski definition) is 0. The third kappa shape index (κ3) is 7.61. The Hall–Kier alpha value is -2.68. The van der Waals surface area contributed by atoms with Crippen molar-refractivity contribution in [2.45, 2.75) is 34.0 Å². The number of alkyl halides is 1. The van der Waals surface area contributed by atoms with Crippen molar-refractivity contribution in [3.05, 3.63) is 47.3 Å². The van der Waals surface area contributed by atoms with Gasteiger partial charge in [-0.15, -0.1) is 0 Å². The van der Waals surface area contributed by atoms with Gasteiger partial charge in [0, 0.05) is 31.9 Å². The summed E-state index contributed by atoms with van der Waals surface area (Å²) in [6, 6.07) is 3.22. The van der Waals surface area contributed by atoms with Gasteiger partial charge in [0.25, 0.3) is 0 Å². The molecule has 146 valence electrons. The van der Waals surface area contributed by atoms with Crippen LogP contribution in [0, 0.1) is 0 Å². The summed E-state index contributed by atoms with van der Waals surface area (Å²) in [5.41, 5.74) is 1.19. The number of ketones is 2. The number of Topliss-reactive ketones (excluding diaryl/α,β-unsaturated/α-hetero) is 2. The Bertz CT molecular complexity index is 802. The average molecular weight is 443 g/mol. The van der Waals surface area contributed by atoms with E-state index in [9.17, 15) is 19.2 Å². The van der Waals surface area contributed by atoms with Gasteiger partial charge in [0.15, 0.2) is 17.3 Å². The van der Waals surface area contributed by atoms with Crippen molar-refractivity contribution in [3.8, 4) is 0 Å². The molecule has 0 spiro atoms. The highest BCUT2D eigenvalue weighted by atomic mass is 79.9. The highest BCUT2D eigenvalue weighted by Crippen LogP contribution is 2.14. The zero-order valence-corrected chi connectivity index (χ0v) is 16.7. The predicted molar refractivity (Wildman–Crippen MR) is 96.5 cm³/mol. The van der Waals surface area contributed by atoms with Crippen LogP contribution in [0.15, 0.2) is 33.5 Å². The van der Waals surface area contributed by atoms with Crippen LogP contribution in [0.1, 0.15) is 53.0 Å². The van der Waals surface area contributed by atoms with Gasteiger partial charge < -0.3 is 18.3 Å². The summed E-state index contributed by atoms with van der Waals surface area (Å²) >= 11 is 3.03. The second-order valence-electron chi connectivity index (χ2n) is 5.22. The first-order valence-electron chi connectivity index (χ1n) is 7.75. The molecule has 0 amide bonds. The molecule has 9 heteroatoms. The number of hydrogen-bond acceptors (Lipinski definition) is 8. The SMILES string of the molecule is CC(=O)OCc1ccoc1C(=O)CBr.CC(=O)OCc1ccoc1C(C)=O. The zero-order valence-electron chi connectivity index (χ0n) is 15.1. The molecule has 0 aliphatic rings. The fraction of sp³-hybridized carbons (Fsp3) is 0.333. The second kappa shape index (κ2) is 11.1. The van der Waals surface area contributed by atoms with Crippen molar-refractivity contribution >= 4 is 39.4 Å². The molecule has 0 saturated carbocycles. The molecule has 0 saturated heterocycles. The van der Waals surface area contributed by atoms with Crippen LogP contribution in [0.25, 0.3) is 0 Å². The van der Waals surface area contributed by atoms with Crippen LogP contribution >= 0.6 is 15.9 Å². The molecular formula is C18H19BrO8. The molecule has 2 heterocycles. The number of furan rings is 2. The molecule has 0 bridgehead atoms. The van der Waals surface area contributed by atoms with E-state index in [1.54, 1.807) is 12.1 Å². The first kappa shape index (κ1) is 22.4. The van der Waals surface area contributed by atoms with E-state index in [1.807, 2.05) is 0 Å². The van der Waals surface area contributed by atoms with Crippen LogP contribution in [0.5, 0.6) is 0 Å². The van der Waals surface area contributed by atoms with Gasteiger partial charge in [-0.2, -0.15) is 0 Å². The molecule has 0 aliphatic heterocycles. The smallest absolute Gasteiger partial charge is 0.302 e. The molecule has 0 unspecified atom stereocenters. The Morgan fingerprint density at radius 3 is 1.70 bits per heavy atom. The minimum Gasteiger partial charge on any atom is -0.461 e. The summed E-state index contributed by atoms with van der Waals surface area (Å²) in [4.78, 5) is 43.2. The lowest BCUT2D eigenvalue weighted by Gasteiger charge is -2.00. The van der Waals surface area contributed by atoms with Gasteiger partial charge in [0.2, 0.25) is 5.78 Å². The molecule has 27 heavy (non-hydrogen) atoms. The van der Waals surface area contributed by atoms with Gasteiger partial charge in [0.1, 0.15) is 13.2 Å². The van der Waals surface area contributed by atoms with E-state index >= 15 is 0 Å². The Morgan fingerprint density at radius 2 is 1.30 bits per heavy atom. The normalized spacial score (nSPS) is 9.78. The minimum absolute atomic E-state index is 0.0694. The molecule has 2 aromatic heterocycles. The van der Waals surface area contributed by atoms with E-state index in [4.69, 9.17) is 18.3 Å². The average Bonchev–Trinajstić information content (AvgIpc) is 3.26. The van der Waals surface area contributed by atoms with E-state index in [-0.39, 0.29) is 53.6 Å². The molecule has 0 atom stereocenters. The molecule has 0 N–H and O–H groups in total. The molecule has 0 radical (unpaired) electrons. The van der Waals surface area contributed by atoms with Gasteiger partial charge in [-0.05, 0) is 12.1 Å². The van der Waals surface area contributed by atoms with Gasteiger partial charge in [-0.25, -0.2) is 0 Å². The summed E-state index contributed by atoms with van der Waals surface area (Å²) in [6.07, 6.45) is 2.80. The van der Waals surface area contributed by atoms with E-state index in [2.05, 4.69) is 15.9 Å². The lowest BCUT2D eigenvalue weighted by atomic mass is 10.2. The Kier molecular flexibility index (Phi) is 9.21. The lowest BCUT2D eigenvalue weighted by Crippen LogP contribution is -2.05. The van der Waals surface area contributed by atoms with Crippen molar-refractivity contribution < 1.29 is 37.5 Å². The molecule has 2 aromatic rings. The number of halogens is 1. The van der Waals surface area contributed by atoms with Crippen LogP contribution in [-0.4, -0.2) is 28.8 Å². The number of rotatable bonds is 7. The van der Waals surface area contributed by atoms with Gasteiger partial charge >= 0.3 is 11.9 Å². The third-order valence-electron chi connectivity index (χ3n) is 3.05. The first-order chi connectivity index (χ1) is 12.8. The number of ether oxygens (including phenoxy) is 2. The van der Waals surface area contributed by atoms with Gasteiger partial charge in [-0.1, -0.05) is 15.9 Å². The summed E-state index contributed by atoms with van der Waals surface area (Å²) in [5.74, 6) is -0.618. The Balaban J connectivity index is 0.000000271. The maximum atomic E-state index is 11.3. The summed E-state index contributed by atoms with van der Waals surface area (Å²) < 4.78 is 19.4. The Morgan fingerprint density at radius 1 is 0.852 bits per heavy atom. The number of carbonyl (C=O) groups excluding carboxylic acids is 4. The number of carbonyl (C=O) groups is 4. The molecule has 2 rings (SSSR count). The van der Waals surface area contributed by atoms with Crippen molar-refractivity contribution in [1.29, 1.82) is 0 Å². The van der Waals surface area contributed by atoms with Crippen molar-refractivity contribution in [2.24, 2.45) is 0 Å². The quantitative estimate of drug-likeness (QED) is 0.363. The maximum Gasteiger partial charge on any atom is 0.302 e. The summed E-state index contributed by atoms with van der Waals surface area (Å²) in [5, 5.41) is 0.188. The van der Waals surface area contributed by atoms with E-state index < -0.39 is 0 Å². The molecule has 0 aromatic carbocycles. The van der Waals surface area contributed by atoms with Crippen molar-refractivity contribution in [3.63, 3.8) is 0 Å². The third-order valence-corrected chi connectivity index (χ3v) is 3.56. The van der Waals surface area contributed by atoms with Crippen LogP contribution in [0.2, 0.25) is 0 Å². The molecule has 8 nitrogen and oxygen atoms in total. The highest BCUT2D eigenvalue weighted by molar-refractivity contribution is 9.09. The van der Waals surface area contributed by atoms with Crippen molar-refractivity contribution in [1.82, 2.24) is 0 Å². The fourth-order valence-electron chi connectivity index (χ4n) is 1.87. The topological polar surface area (TPSA) is 113 Å². The fourth-order valence-corrected chi connectivity index (χ4v) is 2.13. The van der Waals surface area contributed by atoms with Crippen LogP contribution < -0.4 is 0 Å². The van der Waals surface area contributed by atoms with Gasteiger partial charge in [0.05, 0.1) is 17.9 Å². The molecular weight excluding hydrogens is 424 g/mol. The standard InChI is InChI=1S/C9H9BrO4.C9H10O4/c1-6(11)14-5-7-2-3-13-9(7)8(12)4-10;1-6(10)9-8(3-4-12-9)5-13-7(2)11/h2-3H,4-5H2,1H3;3-4H,5H2,1-2H3. The summed E-state index contributed by atoms with van der Waals surface area (Å²) in [7, 11) is 0. The second-order valence-corrected chi connectivity index (χ2v) is 5.78. The largest absolute Gasteiger partial charge is 0.461 e.